The van der Waals surface area contributed by atoms with Gasteiger partial charge in [-0.3, -0.25) is 24.2 Å². The van der Waals surface area contributed by atoms with Crippen molar-refractivity contribution in [2.24, 2.45) is 7.05 Å². The summed E-state index contributed by atoms with van der Waals surface area (Å²) in [4.78, 5) is 39.6. The first kappa shape index (κ1) is 24.1. The number of nitriles is 1. The van der Waals surface area contributed by atoms with E-state index in [4.69, 9.17) is 0 Å². The van der Waals surface area contributed by atoms with E-state index in [0.29, 0.717) is 6.42 Å². The minimum absolute atomic E-state index is 0.0100. The highest BCUT2D eigenvalue weighted by molar-refractivity contribution is 5.99. The Morgan fingerprint density at radius 2 is 1.88 bits per heavy atom. The molecular formula is C24H26N6O4. The van der Waals surface area contributed by atoms with Gasteiger partial charge >= 0.3 is 0 Å². The fraction of sp³-hybridized carbons (Fsp3) is 0.250. The summed E-state index contributed by atoms with van der Waals surface area (Å²) in [5, 5.41) is 28.5. The second-order valence-corrected chi connectivity index (χ2v) is 7.93. The number of rotatable bonds is 7. The average molecular weight is 463 g/mol. The molecule has 0 aliphatic heterocycles. The zero-order chi connectivity index (χ0) is 25.0. The molecule has 4 N–H and O–H groups in total. The number of benzene rings is 2. The smallest absolute Gasteiger partial charge is 0.290 e. The van der Waals surface area contributed by atoms with Gasteiger partial charge in [-0.15, -0.1) is 0 Å². The normalized spacial score (nSPS) is 11.4. The summed E-state index contributed by atoms with van der Waals surface area (Å²) in [7, 11) is 4.44. The molecule has 10 nitrogen and oxygen atoms in total. The van der Waals surface area contributed by atoms with Gasteiger partial charge in [0.2, 0.25) is 0 Å². The zero-order valence-electron chi connectivity index (χ0n) is 19.3. The first-order chi connectivity index (χ1) is 16.2. The molecule has 1 unspecified atom stereocenters. The van der Waals surface area contributed by atoms with Gasteiger partial charge in [0.05, 0.1) is 28.9 Å². The van der Waals surface area contributed by atoms with E-state index in [1.54, 1.807) is 0 Å². The standard InChI is InChI=1S/C24H26N6O4/c1-5-17(15-9-7-6-8-10-15)26-20-19(22(32)28-30(4)24(20)34)27-18-12-14(13-25)11-16(21(18)31)23(33)29(2)3/h6-12,17,26-27,31H,5H2,1-4H3,(H,28,32). The van der Waals surface area contributed by atoms with E-state index in [0.717, 1.165) is 10.2 Å². The van der Waals surface area contributed by atoms with Crippen LogP contribution in [0.4, 0.5) is 17.1 Å². The van der Waals surface area contributed by atoms with Gasteiger partial charge < -0.3 is 20.6 Å². The van der Waals surface area contributed by atoms with Crippen LogP contribution in [0.3, 0.4) is 0 Å². The van der Waals surface area contributed by atoms with E-state index in [1.807, 2.05) is 43.3 Å². The summed E-state index contributed by atoms with van der Waals surface area (Å²) in [6.07, 6.45) is 0.621. The number of hydrogen-bond acceptors (Lipinski definition) is 7. The molecule has 0 spiro atoms. The number of carbonyl (C=O) groups excluding carboxylic acids is 1. The summed E-state index contributed by atoms with van der Waals surface area (Å²) >= 11 is 0. The Balaban J connectivity index is 2.15. The maximum atomic E-state index is 13.0. The van der Waals surface area contributed by atoms with Crippen molar-refractivity contribution in [2.75, 3.05) is 24.7 Å². The van der Waals surface area contributed by atoms with Crippen molar-refractivity contribution in [1.29, 1.82) is 5.26 Å². The van der Waals surface area contributed by atoms with Gasteiger partial charge in [0.25, 0.3) is 17.0 Å². The van der Waals surface area contributed by atoms with Gasteiger partial charge in [-0.25, -0.2) is 0 Å². The van der Waals surface area contributed by atoms with E-state index in [1.165, 1.54) is 38.2 Å². The summed E-state index contributed by atoms with van der Waals surface area (Å²) in [6, 6.07) is 13.7. The third kappa shape index (κ3) is 4.78. The van der Waals surface area contributed by atoms with Crippen molar-refractivity contribution in [3.8, 4) is 11.8 Å². The lowest BCUT2D eigenvalue weighted by Crippen LogP contribution is -2.32. The van der Waals surface area contributed by atoms with E-state index in [-0.39, 0.29) is 34.2 Å². The molecule has 0 aliphatic rings. The van der Waals surface area contributed by atoms with Crippen LogP contribution >= 0.6 is 0 Å². The lowest BCUT2D eigenvalue weighted by molar-refractivity contribution is 0.0824. The van der Waals surface area contributed by atoms with Crippen molar-refractivity contribution >= 4 is 23.0 Å². The van der Waals surface area contributed by atoms with Gasteiger partial charge in [-0.05, 0) is 24.1 Å². The average Bonchev–Trinajstić information content (AvgIpc) is 2.83. The zero-order valence-corrected chi connectivity index (χ0v) is 19.3. The monoisotopic (exact) mass is 462 g/mol. The number of nitrogens with zero attached hydrogens (tertiary/aromatic N) is 3. The second kappa shape index (κ2) is 9.95. The Morgan fingerprint density at radius 3 is 2.47 bits per heavy atom. The number of aromatic nitrogens is 2. The number of aromatic amines is 1. The number of nitrogens with one attached hydrogen (secondary N) is 3. The van der Waals surface area contributed by atoms with Crippen molar-refractivity contribution in [3.63, 3.8) is 0 Å². The summed E-state index contributed by atoms with van der Waals surface area (Å²) in [5.74, 6) is -0.970. The highest BCUT2D eigenvalue weighted by Gasteiger charge is 2.22. The Kier molecular flexibility index (Phi) is 7.06. The van der Waals surface area contributed by atoms with Crippen LogP contribution in [-0.2, 0) is 7.05 Å². The molecule has 0 aliphatic carbocycles. The summed E-state index contributed by atoms with van der Waals surface area (Å²) in [5.41, 5.74) is -0.444. The molecule has 34 heavy (non-hydrogen) atoms. The van der Waals surface area contributed by atoms with Crippen LogP contribution < -0.4 is 21.8 Å². The molecule has 1 heterocycles. The predicted molar refractivity (Wildman–Crippen MR) is 130 cm³/mol. The second-order valence-electron chi connectivity index (χ2n) is 7.93. The van der Waals surface area contributed by atoms with Crippen molar-refractivity contribution < 1.29 is 9.90 Å². The highest BCUT2D eigenvalue weighted by atomic mass is 16.3. The first-order valence-corrected chi connectivity index (χ1v) is 10.6. The molecular weight excluding hydrogens is 436 g/mol. The van der Waals surface area contributed by atoms with Crippen LogP contribution in [0.2, 0.25) is 0 Å². The number of aromatic hydroxyl groups is 1. The van der Waals surface area contributed by atoms with Gasteiger partial charge in [-0.2, -0.15) is 5.26 Å². The molecule has 1 amide bonds. The Bertz CT molecular complexity index is 1370. The van der Waals surface area contributed by atoms with E-state index >= 15 is 0 Å². The number of H-pyrrole nitrogens is 1. The van der Waals surface area contributed by atoms with E-state index < -0.39 is 22.8 Å². The molecule has 0 fully saturated rings. The van der Waals surface area contributed by atoms with Crippen molar-refractivity contribution in [3.05, 3.63) is 79.9 Å². The Morgan fingerprint density at radius 1 is 1.21 bits per heavy atom. The molecule has 0 radical (unpaired) electrons. The minimum atomic E-state index is -0.630. The fourth-order valence-electron chi connectivity index (χ4n) is 3.51. The van der Waals surface area contributed by atoms with Crippen LogP contribution in [-0.4, -0.2) is 39.8 Å². The maximum absolute atomic E-state index is 13.0. The molecule has 10 heteroatoms. The number of carbonyl (C=O) groups is 1. The molecule has 0 saturated heterocycles. The largest absolute Gasteiger partial charge is 0.505 e. The van der Waals surface area contributed by atoms with Gasteiger partial charge in [-0.1, -0.05) is 37.3 Å². The number of hydrogen-bond donors (Lipinski definition) is 4. The van der Waals surface area contributed by atoms with Crippen LogP contribution in [0.5, 0.6) is 5.75 Å². The Labute approximate surface area is 196 Å². The van der Waals surface area contributed by atoms with Crippen molar-refractivity contribution in [2.45, 2.75) is 19.4 Å². The highest BCUT2D eigenvalue weighted by Crippen LogP contribution is 2.33. The first-order valence-electron chi connectivity index (χ1n) is 10.6. The topological polar surface area (TPSA) is 143 Å². The minimum Gasteiger partial charge on any atom is -0.505 e. The lowest BCUT2D eigenvalue weighted by Gasteiger charge is -2.21. The van der Waals surface area contributed by atoms with Gasteiger partial charge in [0, 0.05) is 21.1 Å². The van der Waals surface area contributed by atoms with Gasteiger partial charge in [0.15, 0.2) is 5.75 Å². The van der Waals surface area contributed by atoms with E-state index in [2.05, 4.69) is 15.7 Å². The number of anilines is 3. The molecule has 176 valence electrons. The predicted octanol–water partition coefficient (Wildman–Crippen LogP) is 2.66. The molecule has 1 atom stereocenters. The number of aryl methyl sites for hydroxylation is 1. The Hall–Kier alpha value is -4.52. The molecule has 3 aromatic rings. The third-order valence-corrected chi connectivity index (χ3v) is 5.33. The molecule has 2 aromatic carbocycles. The lowest BCUT2D eigenvalue weighted by atomic mass is 10.0. The van der Waals surface area contributed by atoms with Crippen LogP contribution in [0.1, 0.15) is 40.9 Å². The van der Waals surface area contributed by atoms with Crippen LogP contribution in [0, 0.1) is 11.3 Å². The fourth-order valence-corrected chi connectivity index (χ4v) is 3.51. The maximum Gasteiger partial charge on any atom is 0.290 e. The number of phenolic OH excluding ortho intramolecular Hbond substituents is 1. The van der Waals surface area contributed by atoms with Crippen molar-refractivity contribution in [1.82, 2.24) is 14.7 Å². The SMILES string of the molecule is CCC(Nc1c(Nc2cc(C#N)cc(C(=O)N(C)C)c2O)c(=O)[nH]n(C)c1=O)c1ccccc1. The molecule has 0 saturated carbocycles. The van der Waals surface area contributed by atoms with E-state index in [9.17, 15) is 24.8 Å². The molecule has 1 aromatic heterocycles. The molecule has 3 rings (SSSR count). The van der Waals surface area contributed by atoms with Gasteiger partial charge in [0.1, 0.15) is 11.4 Å². The number of phenols is 1. The van der Waals surface area contributed by atoms with Crippen LogP contribution in [0.15, 0.2) is 52.1 Å². The quantitative estimate of drug-likeness (QED) is 0.395. The number of amides is 1. The summed E-state index contributed by atoms with van der Waals surface area (Å²) < 4.78 is 1.06. The molecule has 0 bridgehead atoms. The third-order valence-electron chi connectivity index (χ3n) is 5.33. The van der Waals surface area contributed by atoms with Crippen LogP contribution in [0.25, 0.3) is 0 Å². The summed E-state index contributed by atoms with van der Waals surface area (Å²) in [6.45, 7) is 1.94.